The Kier molecular flexibility index (Phi) is 4.46. The first-order valence-electron chi connectivity index (χ1n) is 8.71. The van der Waals surface area contributed by atoms with Gasteiger partial charge in [0.2, 0.25) is 5.95 Å². The van der Waals surface area contributed by atoms with Crippen molar-refractivity contribution in [2.45, 2.75) is 25.9 Å². The minimum absolute atomic E-state index is 0.169. The van der Waals surface area contributed by atoms with Gasteiger partial charge in [0.1, 0.15) is 16.5 Å². The number of aryl methyl sites for hydroxylation is 1. The minimum atomic E-state index is -1.42. The van der Waals surface area contributed by atoms with Gasteiger partial charge in [-0.05, 0) is 38.0 Å². The number of nitrogens with zero attached hydrogens (tertiary/aromatic N) is 4. The van der Waals surface area contributed by atoms with Crippen molar-refractivity contribution >= 4 is 29.1 Å². The van der Waals surface area contributed by atoms with Crippen LogP contribution < -0.4 is 10.6 Å². The van der Waals surface area contributed by atoms with Gasteiger partial charge in [0, 0.05) is 23.9 Å². The molecule has 0 spiro atoms. The molecule has 0 amide bonds. The molecule has 142 valence electrons. The van der Waals surface area contributed by atoms with Crippen molar-refractivity contribution in [1.82, 2.24) is 15.1 Å². The summed E-state index contributed by atoms with van der Waals surface area (Å²) in [5.41, 5.74) is 7.57. The maximum absolute atomic E-state index is 10.6. The molecule has 2 aromatic heterocycles. The number of aliphatic hydroxyl groups is 1. The van der Waals surface area contributed by atoms with Gasteiger partial charge in [-0.3, -0.25) is 0 Å². The van der Waals surface area contributed by atoms with Crippen LogP contribution in [0.3, 0.4) is 0 Å². The summed E-state index contributed by atoms with van der Waals surface area (Å²) >= 11 is 6.27. The molecule has 0 saturated carbocycles. The van der Waals surface area contributed by atoms with Crippen LogP contribution in [0.5, 0.6) is 0 Å². The predicted molar refractivity (Wildman–Crippen MR) is 106 cm³/mol. The maximum atomic E-state index is 10.6. The first kappa shape index (κ1) is 18.3. The summed E-state index contributed by atoms with van der Waals surface area (Å²) in [6.07, 6.45) is 2.36. The van der Waals surface area contributed by atoms with E-state index in [4.69, 9.17) is 21.9 Å². The molecule has 1 aromatic carbocycles. The Balaban J connectivity index is 1.67. The summed E-state index contributed by atoms with van der Waals surface area (Å²) in [6, 6.07) is 7.57. The number of nitrogen functional groups attached to an aromatic ring is 1. The van der Waals surface area contributed by atoms with Crippen LogP contribution in [-0.2, 0) is 12.0 Å². The van der Waals surface area contributed by atoms with Crippen molar-refractivity contribution < 1.29 is 9.63 Å². The second kappa shape index (κ2) is 6.82. The summed E-state index contributed by atoms with van der Waals surface area (Å²) in [6.45, 7) is 4.08. The summed E-state index contributed by atoms with van der Waals surface area (Å²) in [7, 11) is 0. The molecule has 1 unspecified atom stereocenters. The number of fused-ring (bicyclic) bond motifs is 1. The number of hydrogen-bond acceptors (Lipinski definition) is 7. The molecule has 3 heterocycles. The van der Waals surface area contributed by atoms with Gasteiger partial charge < -0.3 is 20.3 Å². The third-order valence-corrected chi connectivity index (χ3v) is 4.82. The van der Waals surface area contributed by atoms with Crippen molar-refractivity contribution in [3.05, 3.63) is 58.1 Å². The molecule has 0 radical (unpaired) electrons. The average molecular weight is 396 g/mol. The summed E-state index contributed by atoms with van der Waals surface area (Å²) in [4.78, 5) is 10.2. The van der Waals surface area contributed by atoms with Crippen LogP contribution in [-0.4, -0.2) is 26.8 Å². The average Bonchev–Trinajstić information content (AvgIpc) is 3.28. The van der Waals surface area contributed by atoms with Crippen molar-refractivity contribution in [3.8, 4) is 11.8 Å². The van der Waals surface area contributed by atoms with E-state index in [0.29, 0.717) is 22.3 Å². The lowest BCUT2D eigenvalue weighted by molar-refractivity contribution is 0.112. The molecule has 1 atom stereocenters. The van der Waals surface area contributed by atoms with E-state index in [1.165, 1.54) is 6.20 Å². The quantitative estimate of drug-likeness (QED) is 0.643. The van der Waals surface area contributed by atoms with Crippen LogP contribution in [0.25, 0.3) is 0 Å². The zero-order chi connectivity index (χ0) is 19.9. The predicted octanol–water partition coefficient (Wildman–Crippen LogP) is 2.96. The highest BCUT2D eigenvalue weighted by atomic mass is 35.5. The third-order valence-electron chi connectivity index (χ3n) is 4.56. The fraction of sp³-hybridized carbons (Fsp3) is 0.250. The molecular formula is C20H18ClN5O2. The van der Waals surface area contributed by atoms with E-state index in [1.54, 1.807) is 19.9 Å². The number of aromatic nitrogens is 3. The zero-order valence-electron chi connectivity index (χ0n) is 15.4. The molecule has 0 bridgehead atoms. The lowest BCUT2D eigenvalue weighted by atomic mass is 10.0. The van der Waals surface area contributed by atoms with Gasteiger partial charge in [0.05, 0.1) is 6.20 Å². The van der Waals surface area contributed by atoms with Crippen LogP contribution in [0.4, 0.5) is 17.5 Å². The van der Waals surface area contributed by atoms with Crippen LogP contribution in [0.15, 0.2) is 35.0 Å². The Labute approximate surface area is 167 Å². The number of halogens is 1. The Morgan fingerprint density at radius 2 is 2.18 bits per heavy atom. The fourth-order valence-electron chi connectivity index (χ4n) is 3.09. The third kappa shape index (κ3) is 3.40. The van der Waals surface area contributed by atoms with Gasteiger partial charge in [-0.2, -0.15) is 4.98 Å². The second-order valence-electron chi connectivity index (χ2n) is 6.79. The molecule has 3 aromatic rings. The zero-order valence-corrected chi connectivity index (χ0v) is 16.2. The van der Waals surface area contributed by atoms with Crippen LogP contribution >= 0.6 is 11.6 Å². The Hall–Kier alpha value is -3.08. The molecule has 4 rings (SSSR count). The summed E-state index contributed by atoms with van der Waals surface area (Å²) in [5, 5.41) is 14.9. The maximum Gasteiger partial charge on any atom is 0.222 e. The Morgan fingerprint density at radius 1 is 1.36 bits per heavy atom. The van der Waals surface area contributed by atoms with Crippen molar-refractivity contribution in [3.63, 3.8) is 0 Å². The molecular weight excluding hydrogens is 378 g/mol. The van der Waals surface area contributed by atoms with Crippen molar-refractivity contribution in [2.75, 3.05) is 17.2 Å². The first-order chi connectivity index (χ1) is 13.3. The standard InChI is InChI=1S/C20H18ClN5O2/c1-12-9-17(25-28-12)20(2,27)7-5-13-3-4-14-6-8-26(16(14)10-13)18-15(21)11-23-19(22)24-18/h3-4,9-11,27H,6,8H2,1-2H3,(H2,22,23,24). The van der Waals surface area contributed by atoms with Gasteiger partial charge in [-0.25, -0.2) is 4.98 Å². The highest BCUT2D eigenvalue weighted by molar-refractivity contribution is 6.33. The lowest BCUT2D eigenvalue weighted by Crippen LogP contribution is -2.19. The van der Waals surface area contributed by atoms with Gasteiger partial charge in [0.25, 0.3) is 0 Å². The SMILES string of the molecule is Cc1cc(C(C)(O)C#Cc2ccc3c(c2)N(c2nc(N)ncc2Cl)CC3)no1. The van der Waals surface area contributed by atoms with E-state index >= 15 is 0 Å². The number of anilines is 3. The molecule has 0 fully saturated rings. The molecule has 1 aliphatic rings. The molecule has 28 heavy (non-hydrogen) atoms. The number of benzene rings is 1. The smallest absolute Gasteiger partial charge is 0.222 e. The first-order valence-corrected chi connectivity index (χ1v) is 9.09. The summed E-state index contributed by atoms with van der Waals surface area (Å²) in [5.74, 6) is 7.24. The number of rotatable bonds is 2. The normalized spacial score (nSPS) is 14.9. The highest BCUT2D eigenvalue weighted by Crippen LogP contribution is 2.37. The summed E-state index contributed by atoms with van der Waals surface area (Å²) < 4.78 is 5.03. The molecule has 0 saturated heterocycles. The van der Waals surface area contributed by atoms with E-state index < -0.39 is 5.60 Å². The second-order valence-corrected chi connectivity index (χ2v) is 7.20. The van der Waals surface area contributed by atoms with Gasteiger partial charge in [-0.1, -0.05) is 34.7 Å². The lowest BCUT2D eigenvalue weighted by Gasteiger charge is -2.19. The highest BCUT2D eigenvalue weighted by Gasteiger charge is 2.26. The fourth-order valence-corrected chi connectivity index (χ4v) is 3.28. The van der Waals surface area contributed by atoms with E-state index in [1.807, 2.05) is 23.1 Å². The largest absolute Gasteiger partial charge is 0.372 e. The Bertz CT molecular complexity index is 1110. The van der Waals surface area contributed by atoms with Crippen LogP contribution in [0, 0.1) is 18.8 Å². The van der Waals surface area contributed by atoms with Gasteiger partial charge >= 0.3 is 0 Å². The monoisotopic (exact) mass is 395 g/mol. The Morgan fingerprint density at radius 3 is 2.93 bits per heavy atom. The topological polar surface area (TPSA) is 101 Å². The van der Waals surface area contributed by atoms with Crippen LogP contribution in [0.2, 0.25) is 5.02 Å². The van der Waals surface area contributed by atoms with Crippen LogP contribution in [0.1, 0.15) is 29.5 Å². The molecule has 7 nitrogen and oxygen atoms in total. The molecule has 8 heteroatoms. The molecule has 0 aliphatic carbocycles. The van der Waals surface area contributed by atoms with Gasteiger partial charge in [-0.15, -0.1) is 0 Å². The molecule has 1 aliphatic heterocycles. The molecule has 3 N–H and O–H groups in total. The van der Waals surface area contributed by atoms with E-state index in [-0.39, 0.29) is 5.95 Å². The van der Waals surface area contributed by atoms with E-state index in [0.717, 1.165) is 29.8 Å². The van der Waals surface area contributed by atoms with E-state index in [2.05, 4.69) is 27.0 Å². The number of hydrogen-bond donors (Lipinski definition) is 2. The van der Waals surface area contributed by atoms with E-state index in [9.17, 15) is 5.11 Å². The van der Waals surface area contributed by atoms with Crippen molar-refractivity contribution in [1.29, 1.82) is 0 Å². The van der Waals surface area contributed by atoms with Gasteiger partial charge in [0.15, 0.2) is 11.4 Å². The number of nitrogens with two attached hydrogens (primary N) is 1. The van der Waals surface area contributed by atoms with Crippen molar-refractivity contribution in [2.24, 2.45) is 0 Å². The minimum Gasteiger partial charge on any atom is -0.372 e.